The van der Waals surface area contributed by atoms with Crippen molar-refractivity contribution in [1.82, 2.24) is 0 Å². The van der Waals surface area contributed by atoms with Gasteiger partial charge < -0.3 is 0 Å². The summed E-state index contributed by atoms with van der Waals surface area (Å²) in [6.07, 6.45) is 1.11. The minimum absolute atomic E-state index is 1.11. The molecule has 0 aliphatic heterocycles. The molecule has 0 aliphatic carbocycles. The highest BCUT2D eigenvalue weighted by molar-refractivity contribution is 7.37. The average Bonchev–Trinajstić information content (AvgIpc) is 3.28. The highest BCUT2D eigenvalue weighted by Crippen LogP contribution is 2.40. The van der Waals surface area contributed by atoms with Gasteiger partial charge in [-0.15, -0.1) is 34.0 Å². The molecule has 5 rings (SSSR count). The van der Waals surface area contributed by atoms with Gasteiger partial charge in [-0.3, -0.25) is 0 Å². The first-order valence-corrected chi connectivity index (χ1v) is 10.2. The van der Waals surface area contributed by atoms with E-state index in [1.54, 1.807) is 0 Å². The first-order valence-electron chi connectivity index (χ1n) is 7.66. The lowest BCUT2D eigenvalue weighted by Crippen LogP contribution is -1.84. The van der Waals surface area contributed by atoms with Gasteiger partial charge in [0.05, 0.1) is 9.40 Å². The summed E-state index contributed by atoms with van der Waals surface area (Å²) >= 11 is 5.59. The Morgan fingerprint density at radius 2 is 1.39 bits per heavy atom. The van der Waals surface area contributed by atoms with Crippen LogP contribution in [0, 0.1) is 0 Å². The highest BCUT2D eigenvalue weighted by atomic mass is 32.1. The van der Waals surface area contributed by atoms with Gasteiger partial charge >= 0.3 is 0 Å². The second-order valence-electron chi connectivity index (χ2n) is 5.32. The zero-order valence-corrected chi connectivity index (χ0v) is 15.2. The molecule has 0 unspecified atom stereocenters. The molecule has 4 heteroatoms. The molecule has 3 heterocycles. The van der Waals surface area contributed by atoms with Crippen molar-refractivity contribution in [3.8, 4) is 0 Å². The van der Waals surface area contributed by atoms with E-state index >= 15 is 0 Å². The number of thiophene rings is 3. The van der Waals surface area contributed by atoms with Gasteiger partial charge in [-0.05, 0) is 39.2 Å². The summed E-state index contributed by atoms with van der Waals surface area (Å²) in [6.45, 7) is 0. The van der Waals surface area contributed by atoms with E-state index in [1.807, 2.05) is 34.0 Å². The molecule has 0 amide bonds. The molecular formula is C19H15BS3. The van der Waals surface area contributed by atoms with E-state index in [2.05, 4.69) is 73.2 Å². The van der Waals surface area contributed by atoms with Crippen molar-refractivity contribution in [1.29, 1.82) is 0 Å². The lowest BCUT2D eigenvalue weighted by atomic mass is 9.92. The second kappa shape index (κ2) is 6.48. The molecule has 5 aromatic rings. The molecule has 0 radical (unpaired) electrons. The van der Waals surface area contributed by atoms with Crippen LogP contribution < -0.4 is 0 Å². The first kappa shape index (κ1) is 14.9. The van der Waals surface area contributed by atoms with Crippen molar-refractivity contribution in [3.63, 3.8) is 0 Å². The fourth-order valence-corrected chi connectivity index (χ4v) is 6.32. The topological polar surface area (TPSA) is 0 Å². The van der Waals surface area contributed by atoms with E-state index in [0.29, 0.717) is 0 Å². The summed E-state index contributed by atoms with van der Waals surface area (Å²) in [6, 6.07) is 19.4. The van der Waals surface area contributed by atoms with Crippen LogP contribution in [0.1, 0.15) is 5.56 Å². The van der Waals surface area contributed by atoms with Crippen LogP contribution >= 0.6 is 34.0 Å². The van der Waals surface area contributed by atoms with Crippen molar-refractivity contribution < 1.29 is 0 Å². The number of hydrogen-bond donors (Lipinski definition) is 0. The minimum Gasteiger partial charge on any atom is -0.141 e. The molecule has 0 N–H and O–H groups in total. The summed E-state index contributed by atoms with van der Waals surface area (Å²) < 4.78 is 5.83. The van der Waals surface area contributed by atoms with Gasteiger partial charge in [-0.2, -0.15) is 0 Å². The van der Waals surface area contributed by atoms with Crippen LogP contribution in [-0.4, -0.2) is 7.85 Å². The largest absolute Gasteiger partial charge is 0.141 e. The summed E-state index contributed by atoms with van der Waals surface area (Å²) in [4.78, 5) is 0. The molecule has 3 aromatic heterocycles. The maximum Gasteiger partial charge on any atom is 0.107 e. The second-order valence-corrected chi connectivity index (χ2v) is 8.24. The van der Waals surface area contributed by atoms with E-state index in [1.165, 1.54) is 35.1 Å². The lowest BCUT2D eigenvalue weighted by Gasteiger charge is -2.02. The van der Waals surface area contributed by atoms with Gasteiger partial charge in [0.25, 0.3) is 0 Å². The monoisotopic (exact) mass is 350 g/mol. The highest BCUT2D eigenvalue weighted by Gasteiger charge is 2.05. The Bertz CT molecular complexity index is 1020. The summed E-state index contributed by atoms with van der Waals surface area (Å²) in [5, 5.41) is 7.07. The molecule has 0 aliphatic rings. The molecule has 0 bridgehead atoms. The summed E-state index contributed by atoms with van der Waals surface area (Å²) in [7, 11) is 2.20. The zero-order valence-electron chi connectivity index (χ0n) is 12.8. The summed E-state index contributed by atoms with van der Waals surface area (Å²) in [5.74, 6) is 0. The number of fused-ring (bicyclic) bond motifs is 4. The van der Waals surface area contributed by atoms with Crippen molar-refractivity contribution in [3.05, 3.63) is 70.9 Å². The van der Waals surface area contributed by atoms with Crippen molar-refractivity contribution in [2.75, 3.05) is 0 Å². The Morgan fingerprint density at radius 3 is 2.09 bits per heavy atom. The van der Waals surface area contributed by atoms with Crippen LogP contribution in [0.15, 0.2) is 65.4 Å². The van der Waals surface area contributed by atoms with Crippen LogP contribution in [0.2, 0.25) is 0 Å². The SMILES string of the molecule is BCc1cccc2ccccc12.c1cc2sc3ccsc3c2s1. The van der Waals surface area contributed by atoms with Crippen LogP contribution in [-0.2, 0) is 6.32 Å². The van der Waals surface area contributed by atoms with Gasteiger partial charge in [0.15, 0.2) is 0 Å². The molecule has 0 saturated carbocycles. The predicted octanol–water partition coefficient (Wildman–Crippen LogP) is 6.15. The molecule has 0 saturated heterocycles. The predicted molar refractivity (Wildman–Crippen MR) is 111 cm³/mol. The molecular weight excluding hydrogens is 335 g/mol. The van der Waals surface area contributed by atoms with Gasteiger partial charge in [-0.25, -0.2) is 0 Å². The molecule has 0 nitrogen and oxygen atoms in total. The van der Waals surface area contributed by atoms with Crippen LogP contribution in [0.3, 0.4) is 0 Å². The normalized spacial score (nSPS) is 11.0. The smallest absolute Gasteiger partial charge is 0.107 e. The van der Waals surface area contributed by atoms with E-state index in [0.717, 1.165) is 6.32 Å². The minimum atomic E-state index is 1.11. The third-order valence-corrected chi connectivity index (χ3v) is 7.32. The number of benzene rings is 2. The molecule has 0 atom stereocenters. The molecule has 0 fully saturated rings. The van der Waals surface area contributed by atoms with Crippen molar-refractivity contribution in [2.24, 2.45) is 0 Å². The van der Waals surface area contributed by atoms with Gasteiger partial charge in [0, 0.05) is 9.40 Å². The molecule has 23 heavy (non-hydrogen) atoms. The van der Waals surface area contributed by atoms with E-state index in [4.69, 9.17) is 0 Å². The van der Waals surface area contributed by atoms with Crippen molar-refractivity contribution >= 4 is 71.4 Å². The molecule has 2 aromatic carbocycles. The zero-order chi connectivity index (χ0) is 15.6. The van der Waals surface area contributed by atoms with Gasteiger partial charge in [-0.1, -0.05) is 48.8 Å². The molecule has 112 valence electrons. The van der Waals surface area contributed by atoms with E-state index in [-0.39, 0.29) is 0 Å². The quantitative estimate of drug-likeness (QED) is 0.318. The van der Waals surface area contributed by atoms with Crippen LogP contribution in [0.5, 0.6) is 0 Å². The number of hydrogen-bond acceptors (Lipinski definition) is 3. The Kier molecular flexibility index (Phi) is 4.21. The molecule has 0 spiro atoms. The van der Waals surface area contributed by atoms with Crippen LogP contribution in [0.25, 0.3) is 29.6 Å². The fraction of sp³-hybridized carbons (Fsp3) is 0.0526. The standard InChI is InChI=1S/C11H11B.C8H4S3/c12-8-10-6-3-5-9-4-1-2-7-11(9)10;1-3-9-7-5(1)11-6-2-4-10-8(6)7/h1-7H,8,12H2;1-4H. The first-order chi connectivity index (χ1) is 11.4. The third kappa shape index (κ3) is 2.83. The fourth-order valence-electron chi connectivity index (χ4n) is 2.81. The van der Waals surface area contributed by atoms with E-state index < -0.39 is 0 Å². The van der Waals surface area contributed by atoms with Crippen molar-refractivity contribution in [2.45, 2.75) is 6.32 Å². The van der Waals surface area contributed by atoms with E-state index in [9.17, 15) is 0 Å². The maximum absolute atomic E-state index is 2.21. The third-order valence-electron chi connectivity index (χ3n) is 3.95. The average molecular weight is 350 g/mol. The summed E-state index contributed by atoms with van der Waals surface area (Å²) in [5.41, 5.74) is 1.44. The van der Waals surface area contributed by atoms with Crippen LogP contribution in [0.4, 0.5) is 0 Å². The Balaban J connectivity index is 0.000000118. The lowest BCUT2D eigenvalue weighted by molar-refractivity contribution is 1.45. The maximum atomic E-state index is 2.21. The van der Waals surface area contributed by atoms with Gasteiger partial charge in [0.1, 0.15) is 7.85 Å². The van der Waals surface area contributed by atoms with Gasteiger partial charge in [0.2, 0.25) is 0 Å². The Morgan fingerprint density at radius 1 is 0.739 bits per heavy atom. The Labute approximate surface area is 148 Å². The number of rotatable bonds is 1. The Hall–Kier alpha value is -1.62.